The Morgan fingerprint density at radius 3 is 2.81 bits per heavy atom. The molecule has 1 saturated carbocycles. The number of nitrogens with zero attached hydrogens (tertiary/aromatic N) is 1. The summed E-state index contributed by atoms with van der Waals surface area (Å²) in [4.78, 5) is 15.7. The van der Waals surface area contributed by atoms with E-state index < -0.39 is 11.6 Å². The van der Waals surface area contributed by atoms with Gasteiger partial charge < -0.3 is 9.84 Å². The fourth-order valence-corrected chi connectivity index (χ4v) is 1.92. The maximum atomic E-state index is 11.6. The summed E-state index contributed by atoms with van der Waals surface area (Å²) in [5.74, 6) is -0.518. The van der Waals surface area contributed by atoms with Crippen molar-refractivity contribution in [3.63, 3.8) is 0 Å². The van der Waals surface area contributed by atoms with Crippen LogP contribution in [0.1, 0.15) is 31.4 Å². The van der Waals surface area contributed by atoms with Crippen molar-refractivity contribution in [2.45, 2.75) is 37.9 Å². The van der Waals surface area contributed by atoms with Gasteiger partial charge >= 0.3 is 5.97 Å². The van der Waals surface area contributed by atoms with Crippen LogP contribution in [0.15, 0.2) is 24.4 Å². The van der Waals surface area contributed by atoms with Gasteiger partial charge in [0.15, 0.2) is 5.60 Å². The number of rotatable bonds is 3. The van der Waals surface area contributed by atoms with Crippen LogP contribution in [0.5, 0.6) is 0 Å². The van der Waals surface area contributed by atoms with Crippen LogP contribution in [0.4, 0.5) is 0 Å². The predicted octanol–water partition coefficient (Wildman–Crippen LogP) is 1.43. The summed E-state index contributed by atoms with van der Waals surface area (Å²) in [6.07, 6.45) is 4.43. The lowest BCUT2D eigenvalue weighted by Gasteiger charge is -2.19. The van der Waals surface area contributed by atoms with Gasteiger partial charge in [-0.1, -0.05) is 6.07 Å². The van der Waals surface area contributed by atoms with Crippen molar-refractivity contribution in [1.82, 2.24) is 4.98 Å². The average Bonchev–Trinajstić information content (AvgIpc) is 2.76. The molecular formula is C12H15NO3. The number of hydrogen-bond donors (Lipinski definition) is 1. The fraction of sp³-hybridized carbons (Fsp3) is 0.500. The summed E-state index contributed by atoms with van der Waals surface area (Å²) in [7, 11) is 0. The molecule has 1 aromatic heterocycles. The van der Waals surface area contributed by atoms with E-state index in [0.29, 0.717) is 18.5 Å². The Kier molecular flexibility index (Phi) is 3.19. The second-order valence-electron chi connectivity index (χ2n) is 4.14. The largest absolute Gasteiger partial charge is 0.457 e. The van der Waals surface area contributed by atoms with Crippen LogP contribution in [0.2, 0.25) is 0 Å². The third-order valence-corrected chi connectivity index (χ3v) is 2.89. The molecule has 86 valence electrons. The Hall–Kier alpha value is -1.42. The van der Waals surface area contributed by atoms with Crippen LogP contribution in [0, 0.1) is 0 Å². The molecule has 0 radical (unpaired) electrons. The topological polar surface area (TPSA) is 59.4 Å². The first-order valence-electron chi connectivity index (χ1n) is 5.50. The molecule has 0 spiro atoms. The summed E-state index contributed by atoms with van der Waals surface area (Å²) in [5, 5.41) is 9.94. The van der Waals surface area contributed by atoms with Crippen LogP contribution < -0.4 is 0 Å². The van der Waals surface area contributed by atoms with Crippen molar-refractivity contribution >= 4 is 5.97 Å². The third-order valence-electron chi connectivity index (χ3n) is 2.89. The number of hydrogen-bond acceptors (Lipinski definition) is 4. The van der Waals surface area contributed by atoms with Gasteiger partial charge in [0.2, 0.25) is 0 Å². The number of ether oxygens (including phenoxy) is 1. The fourth-order valence-electron chi connectivity index (χ4n) is 1.92. The Morgan fingerprint density at radius 1 is 1.44 bits per heavy atom. The molecule has 0 aromatic carbocycles. The molecule has 0 atom stereocenters. The molecule has 0 unspecified atom stereocenters. The quantitative estimate of drug-likeness (QED) is 0.784. The number of carbonyl (C=O) groups is 1. The van der Waals surface area contributed by atoms with Gasteiger partial charge in [-0.3, -0.25) is 4.98 Å². The van der Waals surface area contributed by atoms with Crippen molar-refractivity contribution in [3.8, 4) is 0 Å². The van der Waals surface area contributed by atoms with E-state index in [1.165, 1.54) is 0 Å². The minimum Gasteiger partial charge on any atom is -0.457 e. The lowest BCUT2D eigenvalue weighted by molar-refractivity contribution is -0.166. The highest BCUT2D eigenvalue weighted by Gasteiger charge is 2.40. The monoisotopic (exact) mass is 221 g/mol. The van der Waals surface area contributed by atoms with E-state index in [4.69, 9.17) is 4.74 Å². The normalized spacial score (nSPS) is 18.3. The maximum absolute atomic E-state index is 11.6. The van der Waals surface area contributed by atoms with E-state index in [9.17, 15) is 9.90 Å². The second kappa shape index (κ2) is 4.61. The standard InChI is InChI=1S/C12H15NO3/c14-11(12(15)6-2-3-7-12)16-9-10-5-1-4-8-13-10/h1,4-5,8,15H,2-3,6-7,9H2. The Bertz CT molecular complexity index is 358. The second-order valence-corrected chi connectivity index (χ2v) is 4.14. The van der Waals surface area contributed by atoms with E-state index in [2.05, 4.69) is 4.98 Å². The van der Waals surface area contributed by atoms with Crippen LogP contribution in [0.3, 0.4) is 0 Å². The summed E-state index contributed by atoms with van der Waals surface area (Å²) in [5.41, 5.74) is -0.563. The number of aliphatic hydroxyl groups is 1. The molecule has 0 amide bonds. The highest BCUT2D eigenvalue weighted by molar-refractivity contribution is 5.79. The molecule has 0 bridgehead atoms. The van der Waals surface area contributed by atoms with Gasteiger partial charge in [0.25, 0.3) is 0 Å². The number of aromatic nitrogens is 1. The summed E-state index contributed by atoms with van der Waals surface area (Å²) < 4.78 is 5.06. The molecule has 16 heavy (non-hydrogen) atoms. The van der Waals surface area contributed by atoms with Crippen molar-refractivity contribution in [2.75, 3.05) is 0 Å². The maximum Gasteiger partial charge on any atom is 0.338 e. The van der Waals surface area contributed by atoms with E-state index >= 15 is 0 Å². The third kappa shape index (κ3) is 2.39. The lowest BCUT2D eigenvalue weighted by atomic mass is 10.0. The predicted molar refractivity (Wildman–Crippen MR) is 57.5 cm³/mol. The molecular weight excluding hydrogens is 206 g/mol. The highest BCUT2D eigenvalue weighted by Crippen LogP contribution is 2.30. The van der Waals surface area contributed by atoms with Gasteiger partial charge in [-0.2, -0.15) is 0 Å². The van der Waals surface area contributed by atoms with E-state index in [-0.39, 0.29) is 6.61 Å². The Morgan fingerprint density at radius 2 is 2.19 bits per heavy atom. The molecule has 1 N–H and O–H groups in total. The molecule has 2 rings (SSSR count). The van der Waals surface area contributed by atoms with E-state index in [1.54, 1.807) is 18.3 Å². The summed E-state index contributed by atoms with van der Waals surface area (Å²) in [6, 6.07) is 5.42. The number of carbonyl (C=O) groups excluding carboxylic acids is 1. The minimum atomic E-state index is -1.26. The molecule has 0 saturated heterocycles. The SMILES string of the molecule is O=C(OCc1ccccn1)C1(O)CCCC1. The van der Waals surface area contributed by atoms with Crippen molar-refractivity contribution < 1.29 is 14.6 Å². The van der Waals surface area contributed by atoms with Crippen molar-refractivity contribution in [1.29, 1.82) is 0 Å². The first-order valence-corrected chi connectivity index (χ1v) is 5.50. The zero-order valence-corrected chi connectivity index (χ0v) is 9.06. The van der Waals surface area contributed by atoms with Crippen LogP contribution in [-0.4, -0.2) is 21.7 Å². The lowest BCUT2D eigenvalue weighted by Crippen LogP contribution is -2.36. The molecule has 4 nitrogen and oxygen atoms in total. The zero-order valence-electron chi connectivity index (χ0n) is 9.06. The first-order chi connectivity index (χ1) is 7.71. The highest BCUT2D eigenvalue weighted by atomic mass is 16.5. The van der Waals surface area contributed by atoms with Gasteiger partial charge in [0.1, 0.15) is 6.61 Å². The van der Waals surface area contributed by atoms with Gasteiger partial charge in [-0.15, -0.1) is 0 Å². The molecule has 1 heterocycles. The zero-order chi connectivity index (χ0) is 11.4. The molecule has 1 aliphatic rings. The molecule has 1 aliphatic carbocycles. The van der Waals surface area contributed by atoms with Gasteiger partial charge in [0.05, 0.1) is 5.69 Å². The number of pyridine rings is 1. The molecule has 0 aliphatic heterocycles. The van der Waals surface area contributed by atoms with Gasteiger partial charge in [-0.25, -0.2) is 4.79 Å². The van der Waals surface area contributed by atoms with E-state index in [1.807, 2.05) is 6.07 Å². The van der Waals surface area contributed by atoms with Crippen LogP contribution in [-0.2, 0) is 16.1 Å². The molecule has 1 fully saturated rings. The first kappa shape index (κ1) is 11.1. The summed E-state index contributed by atoms with van der Waals surface area (Å²) in [6.45, 7) is 0.127. The van der Waals surface area contributed by atoms with Gasteiger partial charge in [0, 0.05) is 6.20 Å². The molecule has 1 aromatic rings. The molecule has 4 heteroatoms. The smallest absolute Gasteiger partial charge is 0.338 e. The van der Waals surface area contributed by atoms with Crippen molar-refractivity contribution in [3.05, 3.63) is 30.1 Å². The Balaban J connectivity index is 1.89. The summed E-state index contributed by atoms with van der Waals surface area (Å²) >= 11 is 0. The average molecular weight is 221 g/mol. The Labute approximate surface area is 94.3 Å². The van der Waals surface area contributed by atoms with Crippen LogP contribution >= 0.6 is 0 Å². The van der Waals surface area contributed by atoms with Gasteiger partial charge in [-0.05, 0) is 37.8 Å². The van der Waals surface area contributed by atoms with E-state index in [0.717, 1.165) is 12.8 Å². The van der Waals surface area contributed by atoms with Crippen LogP contribution in [0.25, 0.3) is 0 Å². The number of esters is 1. The van der Waals surface area contributed by atoms with Crippen molar-refractivity contribution in [2.24, 2.45) is 0 Å². The minimum absolute atomic E-state index is 0.127.